The third-order valence-corrected chi connectivity index (χ3v) is 9.59. The minimum absolute atomic E-state index is 0.113. The number of aryl methyl sites for hydroxylation is 1. The number of aromatic amines is 1. The molecule has 1 saturated carbocycles. The number of benzene rings is 2. The highest BCUT2D eigenvalue weighted by Gasteiger charge is 2.42. The second-order valence-electron chi connectivity index (χ2n) is 12.1. The fourth-order valence-corrected chi connectivity index (χ4v) is 7.34. The first-order chi connectivity index (χ1) is 18.8. The van der Waals surface area contributed by atoms with Gasteiger partial charge in [0.1, 0.15) is 5.54 Å². The Balaban J connectivity index is 1.36. The smallest absolute Gasteiger partial charge is 0.195 e. The lowest BCUT2D eigenvalue weighted by Crippen LogP contribution is -2.57. The van der Waals surface area contributed by atoms with Crippen LogP contribution in [-0.4, -0.2) is 60.6 Å². The number of rotatable bonds is 4. The first-order valence-electron chi connectivity index (χ1n) is 14.5. The molecule has 0 spiro atoms. The molecule has 202 valence electrons. The van der Waals surface area contributed by atoms with Crippen LogP contribution in [0.1, 0.15) is 91.2 Å². The first kappa shape index (κ1) is 25.8. The Labute approximate surface area is 231 Å². The van der Waals surface area contributed by atoms with Crippen molar-refractivity contribution in [2.45, 2.75) is 70.3 Å². The Morgan fingerprint density at radius 3 is 2.49 bits per heavy atom. The number of piperazine rings is 1. The zero-order chi connectivity index (χ0) is 27.4. The van der Waals surface area contributed by atoms with E-state index in [2.05, 4.69) is 70.9 Å². The molecular formula is C33H39N5O. The monoisotopic (exact) mass is 521 g/mol. The Hall–Kier alpha value is -3.43. The maximum atomic E-state index is 14.0. The van der Waals surface area contributed by atoms with Gasteiger partial charge in [-0.15, -0.1) is 0 Å². The maximum absolute atomic E-state index is 14.0. The molecule has 3 aromatic rings. The molecule has 1 saturated heterocycles. The second-order valence-corrected chi connectivity index (χ2v) is 12.1. The number of nitriles is 1. The summed E-state index contributed by atoms with van der Waals surface area (Å²) in [6.45, 7) is 10.3. The van der Waals surface area contributed by atoms with Crippen LogP contribution in [0.4, 0.5) is 5.69 Å². The van der Waals surface area contributed by atoms with Crippen LogP contribution in [0.3, 0.4) is 0 Å². The van der Waals surface area contributed by atoms with E-state index < -0.39 is 0 Å². The molecule has 3 aliphatic rings. The van der Waals surface area contributed by atoms with E-state index >= 15 is 0 Å². The quantitative estimate of drug-likeness (QED) is 0.428. The fourth-order valence-electron chi connectivity index (χ4n) is 7.34. The maximum Gasteiger partial charge on any atom is 0.195 e. The number of hydrogen-bond acceptors (Lipinski definition) is 5. The van der Waals surface area contributed by atoms with Gasteiger partial charge in [-0.2, -0.15) is 5.26 Å². The second kappa shape index (κ2) is 9.64. The SMILES string of the molecule is CCc1cc2c(cc1N1CCN(C3(C#N)CCCCC3)CC1)C(C)(C)c1[nH]c3cc(C=NC)ccc3c1C2=O. The van der Waals surface area contributed by atoms with Crippen molar-refractivity contribution >= 4 is 28.6 Å². The summed E-state index contributed by atoms with van der Waals surface area (Å²) in [5, 5.41) is 11.1. The van der Waals surface area contributed by atoms with Crippen molar-refractivity contribution in [3.63, 3.8) is 0 Å². The van der Waals surface area contributed by atoms with E-state index in [1.165, 1.54) is 17.7 Å². The van der Waals surface area contributed by atoms with Crippen molar-refractivity contribution in [1.82, 2.24) is 9.88 Å². The van der Waals surface area contributed by atoms with Gasteiger partial charge in [0.25, 0.3) is 0 Å². The Bertz CT molecular complexity index is 1510. The fraction of sp³-hybridized carbons (Fsp3) is 0.485. The number of carbonyl (C=O) groups excluding carboxylic acids is 1. The number of hydrogen-bond donors (Lipinski definition) is 1. The molecule has 0 bridgehead atoms. The lowest BCUT2D eigenvalue weighted by Gasteiger charge is -2.46. The number of aliphatic imine (C=N–C) groups is 1. The summed E-state index contributed by atoms with van der Waals surface area (Å²) in [5.74, 6) is 0.113. The molecule has 0 unspecified atom stereocenters. The number of fused-ring (bicyclic) bond motifs is 4. The zero-order valence-electron chi connectivity index (χ0n) is 23.7. The summed E-state index contributed by atoms with van der Waals surface area (Å²) < 4.78 is 0. The molecule has 2 fully saturated rings. The first-order valence-corrected chi connectivity index (χ1v) is 14.5. The van der Waals surface area contributed by atoms with Crippen LogP contribution < -0.4 is 4.90 Å². The van der Waals surface area contributed by atoms with Crippen LogP contribution >= 0.6 is 0 Å². The van der Waals surface area contributed by atoms with Gasteiger partial charge in [-0.1, -0.05) is 52.2 Å². The molecule has 2 aromatic carbocycles. The van der Waals surface area contributed by atoms with Gasteiger partial charge in [-0.05, 0) is 54.2 Å². The van der Waals surface area contributed by atoms with E-state index in [0.29, 0.717) is 0 Å². The summed E-state index contributed by atoms with van der Waals surface area (Å²) in [7, 11) is 1.77. The van der Waals surface area contributed by atoms with Crippen LogP contribution in [0.2, 0.25) is 0 Å². The van der Waals surface area contributed by atoms with Gasteiger partial charge in [0, 0.05) is 72.7 Å². The lowest BCUT2D eigenvalue weighted by molar-refractivity contribution is 0.0912. The van der Waals surface area contributed by atoms with Gasteiger partial charge in [0.2, 0.25) is 0 Å². The summed E-state index contributed by atoms with van der Waals surface area (Å²) >= 11 is 0. The molecule has 6 nitrogen and oxygen atoms in total. The molecule has 39 heavy (non-hydrogen) atoms. The largest absolute Gasteiger partial charge is 0.369 e. The van der Waals surface area contributed by atoms with Gasteiger partial charge in [0.05, 0.1) is 11.6 Å². The summed E-state index contributed by atoms with van der Waals surface area (Å²) in [4.78, 5) is 26.7. The topological polar surface area (TPSA) is 75.5 Å². The Morgan fingerprint density at radius 2 is 1.82 bits per heavy atom. The van der Waals surface area contributed by atoms with Crippen molar-refractivity contribution in [3.8, 4) is 6.07 Å². The highest BCUT2D eigenvalue weighted by Crippen LogP contribution is 2.46. The Kier molecular flexibility index (Phi) is 6.38. The third-order valence-electron chi connectivity index (χ3n) is 9.59. The van der Waals surface area contributed by atoms with Gasteiger partial charge < -0.3 is 9.88 Å². The number of nitrogens with zero attached hydrogens (tertiary/aromatic N) is 4. The average molecular weight is 522 g/mol. The zero-order valence-corrected chi connectivity index (χ0v) is 23.7. The normalized spacial score (nSPS) is 20.7. The summed E-state index contributed by atoms with van der Waals surface area (Å²) in [5.41, 5.74) is 7.57. The molecule has 2 aliphatic carbocycles. The predicted octanol–water partition coefficient (Wildman–Crippen LogP) is 6.00. The molecule has 0 amide bonds. The van der Waals surface area contributed by atoms with E-state index in [1.54, 1.807) is 7.05 Å². The van der Waals surface area contributed by atoms with Crippen molar-refractivity contribution in [2.75, 3.05) is 38.1 Å². The minimum atomic E-state index is -0.341. The van der Waals surface area contributed by atoms with E-state index in [0.717, 1.165) is 97.1 Å². The van der Waals surface area contributed by atoms with Crippen molar-refractivity contribution in [2.24, 2.45) is 4.99 Å². The van der Waals surface area contributed by atoms with E-state index in [9.17, 15) is 10.1 Å². The number of H-pyrrole nitrogens is 1. The highest BCUT2D eigenvalue weighted by molar-refractivity contribution is 6.20. The molecular weight excluding hydrogens is 482 g/mol. The number of ketones is 1. The molecule has 2 heterocycles. The number of anilines is 1. The van der Waals surface area contributed by atoms with Crippen molar-refractivity contribution < 1.29 is 4.79 Å². The van der Waals surface area contributed by atoms with Crippen molar-refractivity contribution in [3.05, 3.63) is 63.8 Å². The molecule has 6 rings (SSSR count). The molecule has 0 radical (unpaired) electrons. The van der Waals surface area contributed by atoms with E-state index in [1.807, 2.05) is 12.3 Å². The predicted molar refractivity (Wildman–Crippen MR) is 158 cm³/mol. The minimum Gasteiger partial charge on any atom is -0.369 e. The molecule has 1 aliphatic heterocycles. The van der Waals surface area contributed by atoms with Gasteiger partial charge >= 0.3 is 0 Å². The number of carbonyl (C=O) groups is 1. The van der Waals surface area contributed by atoms with Crippen LogP contribution in [0.5, 0.6) is 0 Å². The van der Waals surface area contributed by atoms with Crippen LogP contribution in [0.25, 0.3) is 10.9 Å². The van der Waals surface area contributed by atoms with E-state index in [4.69, 9.17) is 0 Å². The molecule has 6 heteroatoms. The highest BCUT2D eigenvalue weighted by atomic mass is 16.1. The lowest BCUT2D eigenvalue weighted by atomic mass is 9.70. The average Bonchev–Trinajstić information content (AvgIpc) is 3.36. The van der Waals surface area contributed by atoms with Crippen LogP contribution in [-0.2, 0) is 11.8 Å². The third kappa shape index (κ3) is 4.02. The van der Waals surface area contributed by atoms with Crippen LogP contribution in [0, 0.1) is 11.3 Å². The summed E-state index contributed by atoms with van der Waals surface area (Å²) in [6.07, 6.45) is 8.28. The Morgan fingerprint density at radius 1 is 1.08 bits per heavy atom. The van der Waals surface area contributed by atoms with Gasteiger partial charge in [0.15, 0.2) is 5.78 Å². The molecule has 1 aromatic heterocycles. The van der Waals surface area contributed by atoms with Gasteiger partial charge in [-0.25, -0.2) is 0 Å². The number of nitrogens with one attached hydrogen (secondary N) is 1. The van der Waals surface area contributed by atoms with E-state index in [-0.39, 0.29) is 16.7 Å². The standard InChI is InChI=1S/C33H39N5O/c1-5-23-18-25-26(19-28(23)37-13-15-38(16-14-37)33(21-34)11-7-6-8-12-33)32(2,3)31-29(30(25)39)24-10-9-22(20-35-4)17-27(24)36-31/h9-10,17-20,36H,5-8,11-16H2,1-4H3. The summed E-state index contributed by atoms with van der Waals surface area (Å²) in [6, 6.07) is 13.3. The van der Waals surface area contributed by atoms with Gasteiger partial charge in [-0.3, -0.25) is 14.7 Å². The molecule has 1 N–H and O–H groups in total. The molecule has 0 atom stereocenters. The van der Waals surface area contributed by atoms with Crippen LogP contribution in [0.15, 0.2) is 35.3 Å². The number of aromatic nitrogens is 1. The van der Waals surface area contributed by atoms with Crippen molar-refractivity contribution in [1.29, 1.82) is 5.26 Å².